The third kappa shape index (κ3) is 5.22. The van der Waals surface area contributed by atoms with Crippen LogP contribution in [-0.4, -0.2) is 35.8 Å². The summed E-state index contributed by atoms with van der Waals surface area (Å²) in [4.78, 5) is 26.4. The first-order chi connectivity index (χ1) is 10.5. The molecule has 1 aliphatic heterocycles. The lowest BCUT2D eigenvalue weighted by atomic mass is 10.0. The zero-order valence-corrected chi connectivity index (χ0v) is 14.6. The fraction of sp³-hybridized carbons (Fsp3) is 0.529. The molecule has 1 aromatic carbocycles. The van der Waals surface area contributed by atoms with E-state index < -0.39 is 12.1 Å². The summed E-state index contributed by atoms with van der Waals surface area (Å²) in [5.74, 6) is -0.342. The Hall–Kier alpha value is -1.59. The quantitative estimate of drug-likeness (QED) is 0.880. The first-order valence-electron chi connectivity index (χ1n) is 7.90. The van der Waals surface area contributed by atoms with Crippen LogP contribution in [0.25, 0.3) is 0 Å². The third-order valence-electron chi connectivity index (χ3n) is 4.12. The number of carbonyl (C=O) groups excluding carboxylic acids is 2. The predicted octanol–water partition coefficient (Wildman–Crippen LogP) is 1.93. The number of halogens is 1. The van der Waals surface area contributed by atoms with Crippen molar-refractivity contribution in [3.8, 4) is 0 Å². The maximum Gasteiger partial charge on any atom is 0.244 e. The minimum atomic E-state index is -0.753. The molecule has 2 rings (SSSR count). The van der Waals surface area contributed by atoms with Crippen LogP contribution < -0.4 is 11.1 Å². The Kier molecular flexibility index (Phi) is 7.52. The molecule has 1 saturated heterocycles. The molecule has 1 heterocycles. The van der Waals surface area contributed by atoms with Crippen molar-refractivity contribution in [2.45, 2.75) is 45.2 Å². The van der Waals surface area contributed by atoms with E-state index in [2.05, 4.69) is 5.32 Å². The van der Waals surface area contributed by atoms with Gasteiger partial charge in [0.05, 0.1) is 0 Å². The Balaban J connectivity index is 0.00000264. The number of nitrogens with zero attached hydrogens (tertiary/aromatic N) is 1. The minimum Gasteiger partial charge on any atom is -0.343 e. The van der Waals surface area contributed by atoms with Crippen molar-refractivity contribution in [1.29, 1.82) is 0 Å². The zero-order chi connectivity index (χ0) is 16.1. The average Bonchev–Trinajstić information content (AvgIpc) is 2.54. The standard InChI is InChI=1S/C17H25N3O2.ClH/c1-12-6-8-14(9-7-12)15(18)16(21)19-13(2)17(22)20-10-4-3-5-11-20;/h6-9,13,15H,3-5,10-11,18H2,1-2H3,(H,19,21);1H. The van der Waals surface area contributed by atoms with E-state index in [9.17, 15) is 9.59 Å². The fourth-order valence-corrected chi connectivity index (χ4v) is 2.68. The number of hydrogen-bond acceptors (Lipinski definition) is 3. The van der Waals surface area contributed by atoms with E-state index in [1.165, 1.54) is 6.42 Å². The van der Waals surface area contributed by atoms with Crippen LogP contribution in [0.15, 0.2) is 24.3 Å². The molecule has 2 unspecified atom stereocenters. The van der Waals surface area contributed by atoms with Gasteiger partial charge in [-0.3, -0.25) is 9.59 Å². The summed E-state index contributed by atoms with van der Waals surface area (Å²) < 4.78 is 0. The summed E-state index contributed by atoms with van der Waals surface area (Å²) in [6.45, 7) is 5.26. The molecule has 0 saturated carbocycles. The molecule has 128 valence electrons. The second-order valence-corrected chi connectivity index (χ2v) is 6.00. The third-order valence-corrected chi connectivity index (χ3v) is 4.12. The van der Waals surface area contributed by atoms with E-state index in [0.717, 1.165) is 37.1 Å². The topological polar surface area (TPSA) is 75.4 Å². The molecule has 0 bridgehead atoms. The largest absolute Gasteiger partial charge is 0.343 e. The Morgan fingerprint density at radius 3 is 2.26 bits per heavy atom. The van der Waals surface area contributed by atoms with Gasteiger partial charge >= 0.3 is 0 Å². The molecule has 0 aromatic heterocycles. The highest BCUT2D eigenvalue weighted by atomic mass is 35.5. The lowest BCUT2D eigenvalue weighted by Crippen LogP contribution is -2.50. The number of nitrogens with two attached hydrogens (primary N) is 1. The lowest BCUT2D eigenvalue weighted by molar-refractivity contribution is -0.137. The number of aryl methyl sites for hydroxylation is 1. The van der Waals surface area contributed by atoms with Crippen LogP contribution in [0.3, 0.4) is 0 Å². The van der Waals surface area contributed by atoms with Gasteiger partial charge < -0.3 is 16.0 Å². The lowest BCUT2D eigenvalue weighted by Gasteiger charge is -2.29. The van der Waals surface area contributed by atoms with Gasteiger partial charge in [0.15, 0.2) is 0 Å². The highest BCUT2D eigenvalue weighted by molar-refractivity contribution is 5.90. The molecular formula is C17H26ClN3O2. The number of nitrogens with one attached hydrogen (secondary N) is 1. The number of carbonyl (C=O) groups is 2. The summed E-state index contributed by atoms with van der Waals surface area (Å²) in [6.07, 6.45) is 3.24. The number of likely N-dealkylation sites (tertiary alicyclic amines) is 1. The highest BCUT2D eigenvalue weighted by Crippen LogP contribution is 2.13. The average molecular weight is 340 g/mol. The molecule has 3 N–H and O–H groups in total. The molecule has 2 amide bonds. The van der Waals surface area contributed by atoms with Crippen molar-refractivity contribution in [3.05, 3.63) is 35.4 Å². The highest BCUT2D eigenvalue weighted by Gasteiger charge is 2.25. The van der Waals surface area contributed by atoms with Crippen LogP contribution in [0, 0.1) is 6.92 Å². The molecule has 23 heavy (non-hydrogen) atoms. The minimum absolute atomic E-state index is 0. The van der Waals surface area contributed by atoms with Crippen molar-refractivity contribution >= 4 is 24.2 Å². The second-order valence-electron chi connectivity index (χ2n) is 6.00. The van der Waals surface area contributed by atoms with Crippen LogP contribution in [-0.2, 0) is 9.59 Å². The van der Waals surface area contributed by atoms with Gasteiger partial charge in [-0.15, -0.1) is 12.4 Å². The molecule has 6 heteroatoms. The summed E-state index contributed by atoms with van der Waals surface area (Å²) in [5.41, 5.74) is 7.84. The van der Waals surface area contributed by atoms with Crippen molar-refractivity contribution < 1.29 is 9.59 Å². The monoisotopic (exact) mass is 339 g/mol. The summed E-state index contributed by atoms with van der Waals surface area (Å²) in [6, 6.07) is 6.24. The van der Waals surface area contributed by atoms with Gasteiger partial charge in [-0.1, -0.05) is 29.8 Å². The van der Waals surface area contributed by atoms with E-state index in [1.807, 2.05) is 36.1 Å². The smallest absolute Gasteiger partial charge is 0.244 e. The van der Waals surface area contributed by atoms with Crippen molar-refractivity contribution in [2.24, 2.45) is 5.73 Å². The van der Waals surface area contributed by atoms with Gasteiger partial charge in [0.1, 0.15) is 12.1 Å². The number of benzene rings is 1. The summed E-state index contributed by atoms with van der Waals surface area (Å²) in [5, 5.41) is 2.73. The SMILES string of the molecule is Cc1ccc(C(N)C(=O)NC(C)C(=O)N2CCCCC2)cc1.Cl. The van der Waals surface area contributed by atoms with Crippen molar-refractivity contribution in [3.63, 3.8) is 0 Å². The molecule has 0 radical (unpaired) electrons. The first kappa shape index (κ1) is 19.5. The molecule has 1 fully saturated rings. The first-order valence-corrected chi connectivity index (χ1v) is 7.90. The summed E-state index contributed by atoms with van der Waals surface area (Å²) in [7, 11) is 0. The molecule has 1 aromatic rings. The number of amides is 2. The van der Waals surface area contributed by atoms with E-state index in [0.29, 0.717) is 0 Å². The Morgan fingerprint density at radius 1 is 1.13 bits per heavy atom. The van der Waals surface area contributed by atoms with Crippen LogP contribution in [0.1, 0.15) is 43.4 Å². The normalized spacial score (nSPS) is 16.9. The molecule has 0 aliphatic carbocycles. The van der Waals surface area contributed by atoms with E-state index >= 15 is 0 Å². The predicted molar refractivity (Wildman–Crippen MR) is 93.4 cm³/mol. The Labute approximate surface area is 144 Å². The second kappa shape index (κ2) is 8.89. The van der Waals surface area contributed by atoms with Gasteiger partial charge in [-0.25, -0.2) is 0 Å². The van der Waals surface area contributed by atoms with Gasteiger partial charge in [-0.2, -0.15) is 0 Å². The van der Waals surface area contributed by atoms with Crippen molar-refractivity contribution in [2.75, 3.05) is 13.1 Å². The molecule has 2 atom stereocenters. The van der Waals surface area contributed by atoms with Crippen LogP contribution in [0.4, 0.5) is 0 Å². The van der Waals surface area contributed by atoms with Gasteiger partial charge in [-0.05, 0) is 38.7 Å². The van der Waals surface area contributed by atoms with Crippen LogP contribution in [0.5, 0.6) is 0 Å². The van der Waals surface area contributed by atoms with Gasteiger partial charge in [0.25, 0.3) is 0 Å². The molecule has 0 spiro atoms. The van der Waals surface area contributed by atoms with Gasteiger partial charge in [0, 0.05) is 13.1 Å². The van der Waals surface area contributed by atoms with Crippen LogP contribution >= 0.6 is 12.4 Å². The van der Waals surface area contributed by atoms with E-state index in [4.69, 9.17) is 5.73 Å². The molecule has 1 aliphatic rings. The van der Waals surface area contributed by atoms with Crippen molar-refractivity contribution in [1.82, 2.24) is 10.2 Å². The maximum absolute atomic E-state index is 12.3. The van der Waals surface area contributed by atoms with E-state index in [1.54, 1.807) is 6.92 Å². The number of hydrogen-bond donors (Lipinski definition) is 2. The number of rotatable bonds is 4. The van der Waals surface area contributed by atoms with Crippen LogP contribution in [0.2, 0.25) is 0 Å². The van der Waals surface area contributed by atoms with E-state index in [-0.39, 0.29) is 24.2 Å². The number of piperidine rings is 1. The molecular weight excluding hydrogens is 314 g/mol. The Morgan fingerprint density at radius 2 is 1.70 bits per heavy atom. The maximum atomic E-state index is 12.3. The molecule has 5 nitrogen and oxygen atoms in total. The summed E-state index contributed by atoms with van der Waals surface area (Å²) >= 11 is 0. The van der Waals surface area contributed by atoms with Gasteiger partial charge in [0.2, 0.25) is 11.8 Å². The zero-order valence-electron chi connectivity index (χ0n) is 13.7. The Bertz CT molecular complexity index is 527. The fourth-order valence-electron chi connectivity index (χ4n) is 2.68.